The number of methoxy groups -OCH3 is 1. The Bertz CT molecular complexity index is 1020. The van der Waals surface area contributed by atoms with Crippen molar-refractivity contribution in [2.24, 2.45) is 0 Å². The van der Waals surface area contributed by atoms with Crippen molar-refractivity contribution in [2.45, 2.75) is 6.04 Å². The van der Waals surface area contributed by atoms with E-state index in [1.165, 1.54) is 19.2 Å². The van der Waals surface area contributed by atoms with Crippen LogP contribution in [0.4, 0.5) is 14.9 Å². The van der Waals surface area contributed by atoms with Gasteiger partial charge in [-0.15, -0.1) is 0 Å². The largest absolute Gasteiger partial charge is 0.466 e. The second-order valence-electron chi connectivity index (χ2n) is 7.71. The average Bonchev–Trinajstić information content (AvgIpc) is 2.80. The summed E-state index contributed by atoms with van der Waals surface area (Å²) in [6.45, 7) is 3.51. The maximum Gasteiger partial charge on any atom is 0.338 e. The van der Waals surface area contributed by atoms with Crippen LogP contribution in [0.2, 0.25) is 5.02 Å². The summed E-state index contributed by atoms with van der Waals surface area (Å²) >= 11 is 5.98. The van der Waals surface area contributed by atoms with Crippen LogP contribution in [0.5, 0.6) is 0 Å². The second-order valence-corrected chi connectivity index (χ2v) is 8.14. The average molecular weight is 459 g/mol. The molecule has 2 N–H and O–H groups in total. The van der Waals surface area contributed by atoms with Crippen LogP contribution in [0.3, 0.4) is 0 Å². The monoisotopic (exact) mass is 458 g/mol. The highest BCUT2D eigenvalue weighted by Crippen LogP contribution is 2.28. The molecule has 2 aliphatic rings. The molecule has 1 fully saturated rings. The Labute approximate surface area is 190 Å². The van der Waals surface area contributed by atoms with Crippen molar-refractivity contribution in [3.63, 3.8) is 0 Å². The molecule has 1 saturated heterocycles. The maximum atomic E-state index is 13.4. The van der Waals surface area contributed by atoms with Crippen molar-refractivity contribution in [2.75, 3.05) is 44.7 Å². The van der Waals surface area contributed by atoms with Gasteiger partial charge in [0.1, 0.15) is 5.82 Å². The smallest absolute Gasteiger partial charge is 0.338 e. The summed E-state index contributed by atoms with van der Waals surface area (Å²) < 4.78 is 18.4. The number of hydrogen-bond acceptors (Lipinski definition) is 5. The SMILES string of the molecule is COC(=O)C1=C(CN2CCN(c3ccc(Cl)cc3)CC2)NC(=O)NC1c1ccc(F)cc1. The molecule has 0 saturated carbocycles. The van der Waals surface area contributed by atoms with Crippen LogP contribution >= 0.6 is 11.6 Å². The first kappa shape index (κ1) is 22.1. The lowest BCUT2D eigenvalue weighted by molar-refractivity contribution is -0.136. The standard InChI is InChI=1S/C23H24ClFN4O3/c1-32-22(30)20-19(26-23(31)27-21(20)15-2-6-17(25)7-3-15)14-28-10-12-29(13-11-28)18-8-4-16(24)5-9-18/h2-9,21H,10-14H2,1H3,(H2,26,27,31). The normalized spacial score (nSPS) is 19.4. The van der Waals surface area contributed by atoms with Gasteiger partial charge in [0.2, 0.25) is 0 Å². The predicted molar refractivity (Wildman–Crippen MR) is 120 cm³/mol. The molecule has 0 spiro atoms. The number of nitrogens with one attached hydrogen (secondary N) is 2. The third-order valence-corrected chi connectivity index (χ3v) is 5.96. The number of carbonyl (C=O) groups excluding carboxylic acids is 2. The minimum Gasteiger partial charge on any atom is -0.466 e. The van der Waals surface area contributed by atoms with Crippen LogP contribution in [0.25, 0.3) is 0 Å². The van der Waals surface area contributed by atoms with Gasteiger partial charge in [0, 0.05) is 49.1 Å². The number of halogens is 2. The van der Waals surface area contributed by atoms with Gasteiger partial charge >= 0.3 is 12.0 Å². The van der Waals surface area contributed by atoms with E-state index in [1.807, 2.05) is 24.3 Å². The summed E-state index contributed by atoms with van der Waals surface area (Å²) in [6.07, 6.45) is 0. The molecule has 0 aromatic heterocycles. The third kappa shape index (κ3) is 4.87. The Kier molecular flexibility index (Phi) is 6.62. The lowest BCUT2D eigenvalue weighted by atomic mass is 9.95. The second kappa shape index (κ2) is 9.58. The summed E-state index contributed by atoms with van der Waals surface area (Å²) in [5.74, 6) is -0.932. The number of nitrogens with zero attached hydrogens (tertiary/aromatic N) is 2. The Hall–Kier alpha value is -3.10. The van der Waals surface area contributed by atoms with E-state index >= 15 is 0 Å². The van der Waals surface area contributed by atoms with E-state index < -0.39 is 23.9 Å². The lowest BCUT2D eigenvalue weighted by Crippen LogP contribution is -2.51. The molecule has 7 nitrogen and oxygen atoms in total. The number of rotatable bonds is 5. The molecule has 32 heavy (non-hydrogen) atoms. The van der Waals surface area contributed by atoms with Gasteiger partial charge in [0.25, 0.3) is 0 Å². The van der Waals surface area contributed by atoms with Crippen molar-refractivity contribution < 1.29 is 18.7 Å². The van der Waals surface area contributed by atoms with E-state index in [0.717, 1.165) is 31.9 Å². The highest BCUT2D eigenvalue weighted by Gasteiger charge is 2.34. The van der Waals surface area contributed by atoms with E-state index in [2.05, 4.69) is 20.4 Å². The van der Waals surface area contributed by atoms with Gasteiger partial charge < -0.3 is 20.3 Å². The number of ether oxygens (including phenoxy) is 1. The molecule has 1 unspecified atom stereocenters. The molecule has 1 atom stereocenters. The highest BCUT2D eigenvalue weighted by molar-refractivity contribution is 6.30. The van der Waals surface area contributed by atoms with Crippen molar-refractivity contribution in [3.05, 3.63) is 76.2 Å². The van der Waals surface area contributed by atoms with Gasteiger partial charge in [-0.05, 0) is 42.0 Å². The van der Waals surface area contributed by atoms with Crippen LogP contribution in [-0.4, -0.2) is 56.7 Å². The Morgan fingerprint density at radius 1 is 1.09 bits per heavy atom. The number of benzene rings is 2. The van der Waals surface area contributed by atoms with Gasteiger partial charge in [-0.2, -0.15) is 0 Å². The number of carbonyl (C=O) groups is 2. The third-order valence-electron chi connectivity index (χ3n) is 5.71. The molecule has 2 aliphatic heterocycles. The molecule has 0 aliphatic carbocycles. The molecule has 2 heterocycles. The summed E-state index contributed by atoms with van der Waals surface area (Å²) in [6, 6.07) is 12.3. The first-order chi connectivity index (χ1) is 15.4. The molecule has 0 radical (unpaired) electrons. The summed E-state index contributed by atoms with van der Waals surface area (Å²) in [4.78, 5) is 29.5. The van der Waals surface area contributed by atoms with Gasteiger partial charge in [0.05, 0.1) is 18.7 Å². The van der Waals surface area contributed by atoms with Crippen LogP contribution in [0.15, 0.2) is 59.8 Å². The van der Waals surface area contributed by atoms with E-state index in [4.69, 9.17) is 16.3 Å². The first-order valence-electron chi connectivity index (χ1n) is 10.3. The zero-order valence-corrected chi connectivity index (χ0v) is 18.4. The van der Waals surface area contributed by atoms with Crippen LogP contribution in [0.1, 0.15) is 11.6 Å². The van der Waals surface area contributed by atoms with Gasteiger partial charge in [0.15, 0.2) is 0 Å². The molecular formula is C23H24ClFN4O3. The molecular weight excluding hydrogens is 435 g/mol. The van der Waals surface area contributed by atoms with Crippen LogP contribution in [0, 0.1) is 5.82 Å². The quantitative estimate of drug-likeness (QED) is 0.674. The van der Waals surface area contributed by atoms with Crippen LogP contribution < -0.4 is 15.5 Å². The Morgan fingerprint density at radius 3 is 2.38 bits per heavy atom. The fourth-order valence-corrected chi connectivity index (χ4v) is 4.16. The number of hydrogen-bond donors (Lipinski definition) is 2. The number of anilines is 1. The summed E-state index contributed by atoms with van der Waals surface area (Å²) in [5, 5.41) is 6.22. The highest BCUT2D eigenvalue weighted by atomic mass is 35.5. The minimum atomic E-state index is -0.720. The zero-order valence-electron chi connectivity index (χ0n) is 17.6. The van der Waals surface area contributed by atoms with Crippen LogP contribution in [-0.2, 0) is 9.53 Å². The molecule has 9 heteroatoms. The molecule has 4 rings (SSSR count). The number of piperazine rings is 1. The van der Waals surface area contributed by atoms with Gasteiger partial charge in [-0.1, -0.05) is 23.7 Å². The summed E-state index contributed by atoms with van der Waals surface area (Å²) in [7, 11) is 1.30. The fourth-order valence-electron chi connectivity index (χ4n) is 4.04. The molecule has 168 valence electrons. The van der Waals surface area contributed by atoms with Crippen molar-refractivity contribution in [1.82, 2.24) is 15.5 Å². The molecule has 2 aromatic rings. The Morgan fingerprint density at radius 2 is 1.75 bits per heavy atom. The minimum absolute atomic E-state index is 0.318. The molecule has 0 bridgehead atoms. The lowest BCUT2D eigenvalue weighted by Gasteiger charge is -2.38. The number of esters is 1. The van der Waals surface area contributed by atoms with Crippen molar-refractivity contribution in [3.8, 4) is 0 Å². The topological polar surface area (TPSA) is 73.9 Å². The zero-order chi connectivity index (χ0) is 22.7. The Balaban J connectivity index is 1.53. The van der Waals surface area contributed by atoms with E-state index in [1.54, 1.807) is 12.1 Å². The van der Waals surface area contributed by atoms with Crippen molar-refractivity contribution >= 4 is 29.3 Å². The predicted octanol–water partition coefficient (Wildman–Crippen LogP) is 3.08. The van der Waals surface area contributed by atoms with Gasteiger partial charge in [-0.3, -0.25) is 4.90 Å². The summed E-state index contributed by atoms with van der Waals surface area (Å²) in [5.41, 5.74) is 2.52. The molecule has 2 amide bonds. The first-order valence-corrected chi connectivity index (χ1v) is 10.7. The van der Waals surface area contributed by atoms with E-state index in [0.29, 0.717) is 28.4 Å². The van der Waals surface area contributed by atoms with Crippen molar-refractivity contribution in [1.29, 1.82) is 0 Å². The fraction of sp³-hybridized carbons (Fsp3) is 0.304. The molecule has 2 aromatic carbocycles. The number of amides is 2. The van der Waals surface area contributed by atoms with E-state index in [-0.39, 0.29) is 0 Å². The number of urea groups is 1. The maximum absolute atomic E-state index is 13.4. The van der Waals surface area contributed by atoms with Gasteiger partial charge in [-0.25, -0.2) is 14.0 Å². The van der Waals surface area contributed by atoms with E-state index in [9.17, 15) is 14.0 Å².